The lowest BCUT2D eigenvalue weighted by molar-refractivity contribution is 0.0941. The Morgan fingerprint density at radius 2 is 2.41 bits per heavy atom. The molecule has 0 aliphatic heterocycles. The number of carbonyl (C=O) groups is 1. The summed E-state index contributed by atoms with van der Waals surface area (Å²) in [5.41, 5.74) is 5.39. The van der Waals surface area contributed by atoms with Crippen LogP contribution in [0.1, 0.15) is 27.3 Å². The van der Waals surface area contributed by atoms with Crippen LogP contribution in [0, 0.1) is 0 Å². The van der Waals surface area contributed by atoms with E-state index in [0.29, 0.717) is 6.54 Å². The van der Waals surface area contributed by atoms with Crippen molar-refractivity contribution < 1.29 is 9.42 Å². The van der Waals surface area contributed by atoms with Gasteiger partial charge in [0.1, 0.15) is 5.01 Å². The van der Waals surface area contributed by atoms with Crippen molar-refractivity contribution in [1.29, 1.82) is 0 Å². The van der Waals surface area contributed by atoms with Crippen molar-refractivity contribution in [2.45, 2.75) is 19.9 Å². The lowest BCUT2D eigenvalue weighted by Crippen LogP contribution is -2.23. The summed E-state index contributed by atoms with van der Waals surface area (Å²) in [6, 6.07) is 0. The van der Waals surface area contributed by atoms with Crippen molar-refractivity contribution in [3.63, 3.8) is 0 Å². The van der Waals surface area contributed by atoms with E-state index in [1.165, 1.54) is 4.88 Å². The minimum Gasteiger partial charge on any atom is -0.379 e. The van der Waals surface area contributed by atoms with E-state index in [0.717, 1.165) is 11.4 Å². The molecule has 3 N–H and O–H groups in total. The number of nitrogen functional groups attached to an aromatic ring is 1. The predicted molar refractivity (Wildman–Crippen MR) is 61.4 cm³/mol. The van der Waals surface area contributed by atoms with E-state index >= 15 is 0 Å². The number of nitrogens with one attached hydrogen (secondary N) is 1. The smallest absolute Gasteiger partial charge is 0.277 e. The molecule has 17 heavy (non-hydrogen) atoms. The zero-order chi connectivity index (χ0) is 12.3. The highest BCUT2D eigenvalue weighted by atomic mass is 32.1. The lowest BCUT2D eigenvalue weighted by Gasteiger charge is -1.98. The first kappa shape index (κ1) is 11.5. The van der Waals surface area contributed by atoms with E-state index in [-0.39, 0.29) is 11.5 Å². The summed E-state index contributed by atoms with van der Waals surface area (Å²) < 4.78 is 4.34. The minimum atomic E-state index is -0.419. The Bertz CT molecular complexity index is 521. The molecule has 0 unspecified atom stereocenters. The van der Waals surface area contributed by atoms with Gasteiger partial charge in [-0.3, -0.25) is 4.79 Å². The molecule has 2 heterocycles. The summed E-state index contributed by atoms with van der Waals surface area (Å²) in [5.74, 6) is -0.437. The fourth-order valence-electron chi connectivity index (χ4n) is 1.19. The van der Waals surface area contributed by atoms with Gasteiger partial charge in [0.2, 0.25) is 11.5 Å². The van der Waals surface area contributed by atoms with Crippen LogP contribution < -0.4 is 11.1 Å². The molecule has 0 spiro atoms. The number of aryl methyl sites for hydroxylation is 1. The fourth-order valence-corrected chi connectivity index (χ4v) is 1.99. The van der Waals surface area contributed by atoms with Gasteiger partial charge in [0.15, 0.2) is 0 Å². The van der Waals surface area contributed by atoms with Crippen molar-refractivity contribution in [3.05, 3.63) is 21.8 Å². The maximum absolute atomic E-state index is 11.6. The number of nitrogens with two attached hydrogens (primary N) is 1. The Hall–Kier alpha value is -1.96. The highest BCUT2D eigenvalue weighted by Crippen LogP contribution is 2.13. The molecular weight excluding hydrogens is 242 g/mol. The lowest BCUT2D eigenvalue weighted by atomic mass is 10.4. The first-order chi connectivity index (χ1) is 8.20. The fraction of sp³-hybridized carbons (Fsp3) is 0.333. The molecular formula is C9H11N5O2S. The van der Waals surface area contributed by atoms with Gasteiger partial charge in [-0.05, 0) is 16.7 Å². The largest absolute Gasteiger partial charge is 0.379 e. The Labute approximate surface area is 101 Å². The van der Waals surface area contributed by atoms with Gasteiger partial charge in [0.25, 0.3) is 5.91 Å². The molecule has 0 fully saturated rings. The number of aromatic nitrogens is 3. The van der Waals surface area contributed by atoms with Gasteiger partial charge in [0, 0.05) is 11.1 Å². The number of amides is 1. The van der Waals surface area contributed by atoms with E-state index in [1.807, 2.05) is 0 Å². The predicted octanol–water partition coefficient (Wildman–Crippen LogP) is 0.601. The van der Waals surface area contributed by atoms with E-state index < -0.39 is 5.91 Å². The summed E-state index contributed by atoms with van der Waals surface area (Å²) in [5, 5.41) is 10.2. The third-order valence-corrected chi connectivity index (χ3v) is 3.22. The highest BCUT2D eigenvalue weighted by molar-refractivity contribution is 7.11. The topological polar surface area (TPSA) is 107 Å². The molecule has 0 radical (unpaired) electrons. The molecule has 2 aromatic rings. The average Bonchev–Trinajstić information content (AvgIpc) is 2.94. The normalized spacial score (nSPS) is 10.4. The zero-order valence-corrected chi connectivity index (χ0v) is 9.95. The van der Waals surface area contributed by atoms with Crippen LogP contribution in [0.2, 0.25) is 0 Å². The van der Waals surface area contributed by atoms with Crippen molar-refractivity contribution in [3.8, 4) is 0 Å². The van der Waals surface area contributed by atoms with Crippen LogP contribution in [0.15, 0.2) is 10.8 Å². The summed E-state index contributed by atoms with van der Waals surface area (Å²) >= 11 is 1.56. The van der Waals surface area contributed by atoms with Gasteiger partial charge in [-0.15, -0.1) is 11.3 Å². The Balaban J connectivity index is 1.94. The van der Waals surface area contributed by atoms with Crippen molar-refractivity contribution in [1.82, 2.24) is 20.6 Å². The Morgan fingerprint density at radius 1 is 1.59 bits per heavy atom. The summed E-state index contributed by atoms with van der Waals surface area (Å²) in [4.78, 5) is 17.0. The number of hydrogen-bond donors (Lipinski definition) is 2. The van der Waals surface area contributed by atoms with Crippen molar-refractivity contribution in [2.75, 3.05) is 5.73 Å². The molecule has 2 rings (SSSR count). The standard InChI is InChI=1S/C9H11N5O2S/c1-2-5-3-11-6(17-5)4-12-9(15)7-8(10)14-16-13-7/h3H,2,4H2,1H3,(H2,10,14)(H,12,15). The van der Waals surface area contributed by atoms with Crippen molar-refractivity contribution >= 4 is 23.1 Å². The minimum absolute atomic E-state index is 0.00253. The molecule has 0 aromatic carbocycles. The van der Waals surface area contributed by atoms with Crippen molar-refractivity contribution in [2.24, 2.45) is 0 Å². The van der Waals surface area contributed by atoms with Crippen LogP contribution in [0.5, 0.6) is 0 Å². The Kier molecular flexibility index (Phi) is 3.33. The number of thiazole rings is 1. The molecule has 0 aliphatic carbocycles. The molecule has 2 aromatic heterocycles. The first-order valence-electron chi connectivity index (χ1n) is 5.00. The maximum Gasteiger partial charge on any atom is 0.277 e. The Morgan fingerprint density at radius 3 is 3.00 bits per heavy atom. The highest BCUT2D eigenvalue weighted by Gasteiger charge is 2.15. The van der Waals surface area contributed by atoms with Gasteiger partial charge in [-0.25, -0.2) is 9.61 Å². The second-order valence-electron chi connectivity index (χ2n) is 3.25. The van der Waals surface area contributed by atoms with Gasteiger partial charge >= 0.3 is 0 Å². The molecule has 0 saturated carbocycles. The van der Waals surface area contributed by atoms with Crippen LogP contribution in [0.4, 0.5) is 5.82 Å². The van der Waals surface area contributed by atoms with E-state index in [1.54, 1.807) is 17.5 Å². The molecule has 7 nitrogen and oxygen atoms in total. The molecule has 1 amide bonds. The quantitative estimate of drug-likeness (QED) is 0.826. The number of anilines is 1. The van der Waals surface area contributed by atoms with E-state index in [4.69, 9.17) is 5.73 Å². The van der Waals surface area contributed by atoms with Crippen LogP contribution in [0.25, 0.3) is 0 Å². The molecule has 8 heteroatoms. The van der Waals surface area contributed by atoms with Crippen LogP contribution in [-0.4, -0.2) is 21.2 Å². The third kappa shape index (κ3) is 2.59. The number of carbonyl (C=O) groups excluding carboxylic acids is 1. The van der Waals surface area contributed by atoms with Gasteiger partial charge in [0.05, 0.1) is 6.54 Å². The number of rotatable bonds is 4. The monoisotopic (exact) mass is 253 g/mol. The third-order valence-electron chi connectivity index (χ3n) is 2.08. The molecule has 0 saturated heterocycles. The van der Waals surface area contributed by atoms with Crippen LogP contribution >= 0.6 is 11.3 Å². The molecule has 90 valence electrons. The van der Waals surface area contributed by atoms with E-state index in [9.17, 15) is 4.79 Å². The van der Waals surface area contributed by atoms with Gasteiger partial charge in [-0.2, -0.15) is 0 Å². The number of nitrogens with zero attached hydrogens (tertiary/aromatic N) is 3. The van der Waals surface area contributed by atoms with Gasteiger partial charge < -0.3 is 11.1 Å². The van der Waals surface area contributed by atoms with Crippen LogP contribution in [-0.2, 0) is 13.0 Å². The number of hydrogen-bond acceptors (Lipinski definition) is 7. The van der Waals surface area contributed by atoms with Gasteiger partial charge in [-0.1, -0.05) is 6.92 Å². The zero-order valence-electron chi connectivity index (χ0n) is 9.14. The molecule has 0 bridgehead atoms. The summed E-state index contributed by atoms with van der Waals surface area (Å²) in [6.07, 6.45) is 2.74. The molecule has 0 aliphatic rings. The van der Waals surface area contributed by atoms with Crippen LogP contribution in [0.3, 0.4) is 0 Å². The summed E-state index contributed by atoms with van der Waals surface area (Å²) in [7, 11) is 0. The maximum atomic E-state index is 11.6. The molecule has 0 atom stereocenters. The second-order valence-corrected chi connectivity index (χ2v) is 4.45. The average molecular weight is 253 g/mol. The SMILES string of the molecule is CCc1cnc(CNC(=O)c2nonc2N)s1. The first-order valence-corrected chi connectivity index (χ1v) is 5.82. The van der Waals surface area contributed by atoms with E-state index in [2.05, 4.69) is 32.2 Å². The summed E-state index contributed by atoms with van der Waals surface area (Å²) in [6.45, 7) is 2.40. The second kappa shape index (κ2) is 4.91.